The first-order valence-electron chi connectivity index (χ1n) is 8.61. The predicted molar refractivity (Wildman–Crippen MR) is 97.4 cm³/mol. The molecule has 0 aromatic heterocycles. The van der Waals surface area contributed by atoms with E-state index in [1.165, 1.54) is 28.8 Å². The molecule has 0 spiro atoms. The van der Waals surface area contributed by atoms with E-state index in [1.54, 1.807) is 6.07 Å². The molecule has 2 aromatic carbocycles. The monoisotopic (exact) mass is 346 g/mol. The SMILES string of the molecule is CC(C)c1cccc2c1COCC2CC(C)c1ccc(F)cc1Cl. The van der Waals surface area contributed by atoms with Crippen LogP contribution in [-0.2, 0) is 11.3 Å². The third-order valence-electron chi connectivity index (χ3n) is 5.01. The summed E-state index contributed by atoms with van der Waals surface area (Å²) in [6.45, 7) is 8.03. The van der Waals surface area contributed by atoms with Gasteiger partial charge in [0, 0.05) is 10.9 Å². The first-order chi connectivity index (χ1) is 11.5. The van der Waals surface area contributed by atoms with Gasteiger partial charge in [-0.3, -0.25) is 0 Å². The van der Waals surface area contributed by atoms with Crippen molar-refractivity contribution in [1.82, 2.24) is 0 Å². The van der Waals surface area contributed by atoms with Gasteiger partial charge in [-0.2, -0.15) is 0 Å². The highest BCUT2D eigenvalue weighted by Crippen LogP contribution is 2.39. The van der Waals surface area contributed by atoms with Gasteiger partial charge in [0.15, 0.2) is 0 Å². The van der Waals surface area contributed by atoms with Crippen LogP contribution in [0.25, 0.3) is 0 Å². The van der Waals surface area contributed by atoms with Crippen molar-refractivity contribution in [2.75, 3.05) is 6.61 Å². The molecule has 1 nitrogen and oxygen atoms in total. The Morgan fingerprint density at radius 1 is 1.17 bits per heavy atom. The van der Waals surface area contributed by atoms with Crippen LogP contribution in [-0.4, -0.2) is 6.61 Å². The van der Waals surface area contributed by atoms with Crippen LogP contribution in [0.1, 0.15) is 67.2 Å². The minimum Gasteiger partial charge on any atom is -0.376 e. The minimum absolute atomic E-state index is 0.250. The Bertz CT molecular complexity index is 726. The predicted octanol–water partition coefficient (Wildman–Crippen LogP) is 6.41. The molecule has 1 heterocycles. The van der Waals surface area contributed by atoms with Crippen molar-refractivity contribution in [3.63, 3.8) is 0 Å². The number of benzene rings is 2. The van der Waals surface area contributed by atoms with Crippen molar-refractivity contribution < 1.29 is 9.13 Å². The van der Waals surface area contributed by atoms with Crippen LogP contribution in [0, 0.1) is 5.82 Å². The van der Waals surface area contributed by atoms with Crippen molar-refractivity contribution in [3.05, 3.63) is 69.5 Å². The molecule has 128 valence electrons. The van der Waals surface area contributed by atoms with Gasteiger partial charge in [-0.15, -0.1) is 0 Å². The Labute approximate surface area is 148 Å². The molecular formula is C21H24ClFO. The number of ether oxygens (including phenoxy) is 1. The summed E-state index contributed by atoms with van der Waals surface area (Å²) in [6.07, 6.45) is 0.944. The van der Waals surface area contributed by atoms with E-state index < -0.39 is 0 Å². The van der Waals surface area contributed by atoms with Crippen LogP contribution in [0.3, 0.4) is 0 Å². The molecular weight excluding hydrogens is 323 g/mol. The summed E-state index contributed by atoms with van der Waals surface area (Å²) >= 11 is 6.24. The fourth-order valence-electron chi connectivity index (χ4n) is 3.76. The summed E-state index contributed by atoms with van der Waals surface area (Å²) in [5, 5.41) is 0.510. The minimum atomic E-state index is -0.288. The normalized spacial score (nSPS) is 18.5. The molecule has 3 heteroatoms. The average molecular weight is 347 g/mol. The van der Waals surface area contributed by atoms with Gasteiger partial charge in [-0.05, 0) is 52.6 Å². The highest BCUT2D eigenvalue weighted by atomic mass is 35.5. The van der Waals surface area contributed by atoms with Crippen LogP contribution < -0.4 is 0 Å². The van der Waals surface area contributed by atoms with Gasteiger partial charge in [0.2, 0.25) is 0 Å². The summed E-state index contributed by atoms with van der Waals surface area (Å²) in [7, 11) is 0. The largest absolute Gasteiger partial charge is 0.376 e. The Kier molecular flexibility index (Phi) is 5.27. The second-order valence-electron chi connectivity index (χ2n) is 7.08. The van der Waals surface area contributed by atoms with Crippen LogP contribution in [0.2, 0.25) is 5.02 Å². The van der Waals surface area contributed by atoms with E-state index >= 15 is 0 Å². The molecule has 0 amide bonds. The molecule has 3 rings (SSSR count). The number of fused-ring (bicyclic) bond motifs is 1. The van der Waals surface area contributed by atoms with Crippen molar-refractivity contribution in [3.8, 4) is 0 Å². The van der Waals surface area contributed by atoms with Gasteiger partial charge in [-0.25, -0.2) is 4.39 Å². The first-order valence-corrected chi connectivity index (χ1v) is 8.99. The maximum atomic E-state index is 13.3. The van der Waals surface area contributed by atoms with Crippen molar-refractivity contribution in [1.29, 1.82) is 0 Å². The third kappa shape index (κ3) is 3.50. The lowest BCUT2D eigenvalue weighted by Gasteiger charge is -2.30. The molecule has 0 saturated carbocycles. The summed E-state index contributed by atoms with van der Waals surface area (Å²) in [5.74, 6) is 0.805. The second kappa shape index (κ2) is 7.25. The van der Waals surface area contributed by atoms with Crippen LogP contribution in [0.15, 0.2) is 36.4 Å². The molecule has 2 unspecified atom stereocenters. The third-order valence-corrected chi connectivity index (χ3v) is 5.33. The quantitative estimate of drug-likeness (QED) is 0.621. The highest BCUT2D eigenvalue weighted by molar-refractivity contribution is 6.31. The molecule has 0 radical (unpaired) electrons. The maximum Gasteiger partial charge on any atom is 0.124 e. The second-order valence-corrected chi connectivity index (χ2v) is 7.49. The zero-order valence-electron chi connectivity index (χ0n) is 14.5. The standard InChI is InChI=1S/C21H24ClFO/c1-13(2)17-5-4-6-19-15(11-24-12-20(17)19)9-14(3)18-8-7-16(23)10-21(18)22/h4-8,10,13-15H,9,11-12H2,1-3H3. The van der Waals surface area contributed by atoms with Gasteiger partial charge in [0.25, 0.3) is 0 Å². The smallest absolute Gasteiger partial charge is 0.124 e. The van der Waals surface area contributed by atoms with Gasteiger partial charge in [0.1, 0.15) is 5.82 Å². The van der Waals surface area contributed by atoms with E-state index in [2.05, 4.69) is 39.0 Å². The molecule has 0 bridgehead atoms. The first kappa shape index (κ1) is 17.4. The Hall–Kier alpha value is -1.38. The van der Waals surface area contributed by atoms with E-state index in [4.69, 9.17) is 16.3 Å². The molecule has 2 atom stereocenters. The number of halogens is 2. The van der Waals surface area contributed by atoms with E-state index in [9.17, 15) is 4.39 Å². The lowest BCUT2D eigenvalue weighted by atomic mass is 9.81. The lowest BCUT2D eigenvalue weighted by Crippen LogP contribution is -2.20. The number of hydrogen-bond donors (Lipinski definition) is 0. The topological polar surface area (TPSA) is 9.23 Å². The highest BCUT2D eigenvalue weighted by Gasteiger charge is 2.26. The molecule has 1 aliphatic rings. The summed E-state index contributed by atoms with van der Waals surface area (Å²) < 4.78 is 19.2. The van der Waals surface area contributed by atoms with Crippen LogP contribution in [0.5, 0.6) is 0 Å². The van der Waals surface area contributed by atoms with Gasteiger partial charge < -0.3 is 4.74 Å². The van der Waals surface area contributed by atoms with Crippen LogP contribution >= 0.6 is 11.6 Å². The fourth-order valence-corrected chi connectivity index (χ4v) is 4.11. The Morgan fingerprint density at radius 2 is 1.96 bits per heavy atom. The van der Waals surface area contributed by atoms with Gasteiger partial charge in [-0.1, -0.05) is 56.6 Å². The molecule has 0 aliphatic carbocycles. The number of hydrogen-bond acceptors (Lipinski definition) is 1. The molecule has 1 aliphatic heterocycles. The zero-order chi connectivity index (χ0) is 17.3. The maximum absolute atomic E-state index is 13.3. The van der Waals surface area contributed by atoms with Crippen molar-refractivity contribution >= 4 is 11.6 Å². The number of rotatable bonds is 4. The lowest BCUT2D eigenvalue weighted by molar-refractivity contribution is 0.0864. The Morgan fingerprint density at radius 3 is 2.67 bits per heavy atom. The molecule has 24 heavy (non-hydrogen) atoms. The summed E-state index contributed by atoms with van der Waals surface area (Å²) in [5.41, 5.74) is 5.13. The molecule has 2 aromatic rings. The molecule has 0 saturated heterocycles. The van der Waals surface area contributed by atoms with E-state index in [1.807, 2.05) is 0 Å². The van der Waals surface area contributed by atoms with E-state index in [0.717, 1.165) is 18.6 Å². The van der Waals surface area contributed by atoms with Gasteiger partial charge in [0.05, 0.1) is 13.2 Å². The van der Waals surface area contributed by atoms with Crippen molar-refractivity contribution in [2.24, 2.45) is 0 Å². The fraction of sp³-hybridized carbons (Fsp3) is 0.429. The molecule has 0 fully saturated rings. The average Bonchev–Trinajstić information content (AvgIpc) is 2.54. The molecule has 0 N–H and O–H groups in total. The zero-order valence-corrected chi connectivity index (χ0v) is 15.2. The Balaban J connectivity index is 1.86. The van der Waals surface area contributed by atoms with E-state index in [-0.39, 0.29) is 11.7 Å². The van der Waals surface area contributed by atoms with Crippen LogP contribution in [0.4, 0.5) is 4.39 Å². The van der Waals surface area contributed by atoms with E-state index in [0.29, 0.717) is 23.5 Å². The summed E-state index contributed by atoms with van der Waals surface area (Å²) in [6, 6.07) is 11.3. The van der Waals surface area contributed by atoms with Crippen molar-refractivity contribution in [2.45, 2.75) is 51.6 Å². The summed E-state index contributed by atoms with van der Waals surface area (Å²) in [4.78, 5) is 0. The van der Waals surface area contributed by atoms with Gasteiger partial charge >= 0.3 is 0 Å².